The molecule has 0 radical (unpaired) electrons. The lowest BCUT2D eigenvalue weighted by molar-refractivity contribution is -0.118. The molecule has 1 nitrogen and oxygen atoms in total. The van der Waals surface area contributed by atoms with Crippen LogP contribution in [-0.4, -0.2) is 12.2 Å². The Labute approximate surface area is 52.1 Å². The van der Waals surface area contributed by atoms with Gasteiger partial charge in [0.05, 0.1) is 0 Å². The van der Waals surface area contributed by atoms with Crippen LogP contribution in [0.1, 0.15) is 19.3 Å². The van der Waals surface area contributed by atoms with E-state index >= 15 is 0 Å². The van der Waals surface area contributed by atoms with Crippen molar-refractivity contribution in [2.45, 2.75) is 25.7 Å². The second-order valence-electron chi connectivity index (χ2n) is 2.38. The summed E-state index contributed by atoms with van der Waals surface area (Å²) in [5.74, 6) is -0.655. The standard InChI is InChI=1S/C6H8F2O/c7-6(8)4-1-2-5(9)3-4/h4,6H,1-3H2/t4-/m0/s1. The van der Waals surface area contributed by atoms with Crippen molar-refractivity contribution >= 4 is 5.78 Å². The molecule has 1 atom stereocenters. The Bertz CT molecular complexity index is 122. The zero-order valence-electron chi connectivity index (χ0n) is 4.94. The van der Waals surface area contributed by atoms with Crippen LogP contribution >= 0.6 is 0 Å². The van der Waals surface area contributed by atoms with Crippen LogP contribution in [0.25, 0.3) is 0 Å². The highest BCUT2D eigenvalue weighted by Gasteiger charge is 2.28. The average Bonchev–Trinajstić information content (AvgIpc) is 2.14. The summed E-state index contributed by atoms with van der Waals surface area (Å²) in [7, 11) is 0. The Morgan fingerprint density at radius 3 is 2.44 bits per heavy atom. The quantitative estimate of drug-likeness (QED) is 0.532. The largest absolute Gasteiger partial charge is 0.300 e. The first-order valence-electron chi connectivity index (χ1n) is 3.00. The van der Waals surface area contributed by atoms with Crippen LogP contribution in [0.15, 0.2) is 0 Å². The highest BCUT2D eigenvalue weighted by molar-refractivity contribution is 5.80. The zero-order valence-corrected chi connectivity index (χ0v) is 4.94. The minimum Gasteiger partial charge on any atom is -0.300 e. The molecule has 1 rings (SSSR count). The second-order valence-corrected chi connectivity index (χ2v) is 2.38. The van der Waals surface area contributed by atoms with E-state index in [9.17, 15) is 13.6 Å². The van der Waals surface area contributed by atoms with Gasteiger partial charge in [0.1, 0.15) is 5.78 Å². The Hall–Kier alpha value is -0.470. The summed E-state index contributed by atoms with van der Waals surface area (Å²) < 4.78 is 23.5. The Morgan fingerprint density at radius 1 is 1.56 bits per heavy atom. The van der Waals surface area contributed by atoms with E-state index in [4.69, 9.17) is 0 Å². The summed E-state index contributed by atoms with van der Waals surface area (Å²) >= 11 is 0. The van der Waals surface area contributed by atoms with Gasteiger partial charge in [0, 0.05) is 18.8 Å². The lowest BCUT2D eigenvalue weighted by atomic mass is 10.1. The lowest BCUT2D eigenvalue weighted by Crippen LogP contribution is -2.06. The van der Waals surface area contributed by atoms with Gasteiger partial charge in [0.2, 0.25) is 6.43 Å². The van der Waals surface area contributed by atoms with E-state index in [1.807, 2.05) is 0 Å². The van der Waals surface area contributed by atoms with Gasteiger partial charge in [0.25, 0.3) is 0 Å². The van der Waals surface area contributed by atoms with Crippen molar-refractivity contribution in [2.24, 2.45) is 5.92 Å². The number of alkyl halides is 2. The summed E-state index contributed by atoms with van der Waals surface area (Å²) in [5.41, 5.74) is 0. The summed E-state index contributed by atoms with van der Waals surface area (Å²) in [5, 5.41) is 0. The maximum atomic E-state index is 11.8. The molecule has 1 fully saturated rings. The fourth-order valence-corrected chi connectivity index (χ4v) is 1.06. The fourth-order valence-electron chi connectivity index (χ4n) is 1.06. The number of halogens is 2. The van der Waals surface area contributed by atoms with Crippen LogP contribution in [0.4, 0.5) is 8.78 Å². The molecule has 1 aliphatic rings. The molecular formula is C6H8F2O. The molecular weight excluding hydrogens is 126 g/mol. The van der Waals surface area contributed by atoms with E-state index in [-0.39, 0.29) is 12.2 Å². The Kier molecular flexibility index (Phi) is 1.78. The predicted octanol–water partition coefficient (Wildman–Crippen LogP) is 1.62. The first kappa shape index (κ1) is 6.65. The molecule has 0 bridgehead atoms. The molecule has 0 amide bonds. The van der Waals surface area contributed by atoms with Crippen molar-refractivity contribution in [3.8, 4) is 0 Å². The molecule has 0 heterocycles. The van der Waals surface area contributed by atoms with Crippen LogP contribution in [-0.2, 0) is 4.79 Å². The van der Waals surface area contributed by atoms with E-state index in [0.717, 1.165) is 0 Å². The third kappa shape index (κ3) is 1.47. The first-order chi connectivity index (χ1) is 4.20. The minimum atomic E-state index is -2.29. The highest BCUT2D eigenvalue weighted by Crippen LogP contribution is 2.27. The molecule has 0 aromatic heterocycles. The summed E-state index contributed by atoms with van der Waals surface area (Å²) in [6, 6.07) is 0. The Balaban J connectivity index is 2.39. The van der Waals surface area contributed by atoms with Crippen LogP contribution in [0.5, 0.6) is 0 Å². The number of carbonyl (C=O) groups excluding carboxylic acids is 1. The van der Waals surface area contributed by atoms with Crippen LogP contribution in [0, 0.1) is 5.92 Å². The number of hydrogen-bond acceptors (Lipinski definition) is 1. The molecule has 0 unspecified atom stereocenters. The van der Waals surface area contributed by atoms with Crippen LogP contribution in [0.3, 0.4) is 0 Å². The van der Waals surface area contributed by atoms with Gasteiger partial charge in [-0.25, -0.2) is 8.78 Å². The number of carbonyl (C=O) groups is 1. The fraction of sp³-hybridized carbons (Fsp3) is 0.833. The van der Waals surface area contributed by atoms with Crippen molar-refractivity contribution in [1.29, 1.82) is 0 Å². The molecule has 0 spiro atoms. The molecule has 0 saturated heterocycles. The normalized spacial score (nSPS) is 27.9. The van der Waals surface area contributed by atoms with Crippen molar-refractivity contribution in [3.63, 3.8) is 0 Å². The van der Waals surface area contributed by atoms with E-state index in [0.29, 0.717) is 12.8 Å². The van der Waals surface area contributed by atoms with Crippen molar-refractivity contribution in [2.75, 3.05) is 0 Å². The molecule has 1 aliphatic carbocycles. The van der Waals surface area contributed by atoms with Crippen molar-refractivity contribution in [1.82, 2.24) is 0 Å². The molecule has 3 heteroatoms. The van der Waals surface area contributed by atoms with Gasteiger partial charge in [-0.05, 0) is 6.42 Å². The zero-order chi connectivity index (χ0) is 6.85. The SMILES string of the molecule is O=C1CC[C@H](C(F)F)C1. The summed E-state index contributed by atoms with van der Waals surface area (Å²) in [6.07, 6.45) is -1.46. The van der Waals surface area contributed by atoms with Crippen LogP contribution < -0.4 is 0 Å². The Morgan fingerprint density at radius 2 is 2.22 bits per heavy atom. The van der Waals surface area contributed by atoms with E-state index in [1.54, 1.807) is 0 Å². The summed E-state index contributed by atoms with van der Waals surface area (Å²) in [6.45, 7) is 0. The van der Waals surface area contributed by atoms with Gasteiger partial charge in [-0.1, -0.05) is 0 Å². The minimum absolute atomic E-state index is 0.0136. The molecule has 52 valence electrons. The highest BCUT2D eigenvalue weighted by atomic mass is 19.3. The van der Waals surface area contributed by atoms with Crippen LogP contribution in [0.2, 0.25) is 0 Å². The van der Waals surface area contributed by atoms with Crippen molar-refractivity contribution in [3.05, 3.63) is 0 Å². The average molecular weight is 134 g/mol. The molecule has 0 aromatic rings. The van der Waals surface area contributed by atoms with E-state index in [2.05, 4.69) is 0 Å². The second kappa shape index (κ2) is 2.42. The van der Waals surface area contributed by atoms with Gasteiger partial charge in [-0.15, -0.1) is 0 Å². The maximum absolute atomic E-state index is 11.8. The number of hydrogen-bond donors (Lipinski definition) is 0. The maximum Gasteiger partial charge on any atom is 0.241 e. The van der Waals surface area contributed by atoms with Crippen molar-refractivity contribution < 1.29 is 13.6 Å². The van der Waals surface area contributed by atoms with Gasteiger partial charge in [-0.2, -0.15) is 0 Å². The third-order valence-electron chi connectivity index (χ3n) is 1.64. The van der Waals surface area contributed by atoms with Gasteiger partial charge in [0.15, 0.2) is 0 Å². The molecule has 0 aliphatic heterocycles. The monoisotopic (exact) mass is 134 g/mol. The lowest BCUT2D eigenvalue weighted by Gasteiger charge is -2.02. The molecule has 0 aromatic carbocycles. The number of rotatable bonds is 1. The van der Waals surface area contributed by atoms with E-state index < -0.39 is 12.3 Å². The van der Waals surface area contributed by atoms with Gasteiger partial charge >= 0.3 is 0 Å². The first-order valence-corrected chi connectivity index (χ1v) is 3.00. The molecule has 1 saturated carbocycles. The number of Topliss-reactive ketones (excluding diaryl/α,β-unsaturated/α-hetero) is 1. The molecule has 9 heavy (non-hydrogen) atoms. The molecule has 0 N–H and O–H groups in total. The van der Waals surface area contributed by atoms with E-state index in [1.165, 1.54) is 0 Å². The topological polar surface area (TPSA) is 17.1 Å². The summed E-state index contributed by atoms with van der Waals surface area (Å²) in [4.78, 5) is 10.4. The number of ketones is 1. The smallest absolute Gasteiger partial charge is 0.241 e. The third-order valence-corrected chi connectivity index (χ3v) is 1.64. The predicted molar refractivity (Wildman–Crippen MR) is 28.4 cm³/mol. The van der Waals surface area contributed by atoms with Gasteiger partial charge in [-0.3, -0.25) is 4.79 Å². The van der Waals surface area contributed by atoms with Gasteiger partial charge < -0.3 is 0 Å².